The third-order valence-electron chi connectivity index (χ3n) is 2.47. The third-order valence-corrected chi connectivity index (χ3v) is 2.47. The molecule has 0 aliphatic rings. The lowest BCUT2D eigenvalue weighted by Gasteiger charge is -2.22. The number of Topliss-reactive ketones (excluding diaryl/α,β-unsaturated/α-hetero) is 1. The van der Waals surface area contributed by atoms with E-state index in [0.717, 1.165) is 5.56 Å². The summed E-state index contributed by atoms with van der Waals surface area (Å²) in [5.74, 6) is -0.543. The topological polar surface area (TPSA) is 83.5 Å². The van der Waals surface area contributed by atoms with Gasteiger partial charge >= 0.3 is 0 Å². The fraction of sp³-hybridized carbons (Fsp3) is 0.417. The Hall–Kier alpha value is -1.23. The fourth-order valence-corrected chi connectivity index (χ4v) is 1.44. The molecule has 0 spiro atoms. The van der Waals surface area contributed by atoms with Crippen molar-refractivity contribution in [3.8, 4) is 0 Å². The van der Waals surface area contributed by atoms with Gasteiger partial charge in [0.15, 0.2) is 5.78 Å². The van der Waals surface area contributed by atoms with Gasteiger partial charge < -0.3 is 15.9 Å². The predicted octanol–water partition coefficient (Wildman–Crippen LogP) is -0.131. The largest absolute Gasteiger partial charge is 0.393 e. The van der Waals surface area contributed by atoms with Crippen LogP contribution >= 0.6 is 0 Å². The summed E-state index contributed by atoms with van der Waals surface area (Å²) in [6, 6.07) is 8.51. The maximum atomic E-state index is 11.7. The first-order valence-corrected chi connectivity index (χ1v) is 5.14. The molecule has 16 heavy (non-hydrogen) atoms. The molecule has 0 bridgehead atoms. The number of aliphatic hydroxyl groups is 2. The van der Waals surface area contributed by atoms with Crippen LogP contribution in [0.2, 0.25) is 0 Å². The maximum Gasteiger partial charge on any atom is 0.183 e. The van der Waals surface area contributed by atoms with E-state index in [1.165, 1.54) is 6.92 Å². The highest BCUT2D eigenvalue weighted by Gasteiger charge is 2.33. The molecule has 0 radical (unpaired) electrons. The van der Waals surface area contributed by atoms with E-state index in [2.05, 4.69) is 0 Å². The summed E-state index contributed by atoms with van der Waals surface area (Å²) >= 11 is 0. The van der Waals surface area contributed by atoms with Crippen LogP contribution in [0.4, 0.5) is 0 Å². The molecule has 0 aliphatic carbocycles. The van der Waals surface area contributed by atoms with Crippen LogP contribution < -0.4 is 5.73 Å². The van der Waals surface area contributed by atoms with Crippen molar-refractivity contribution in [1.29, 1.82) is 0 Å². The van der Waals surface area contributed by atoms with Crippen LogP contribution in [0.1, 0.15) is 12.5 Å². The summed E-state index contributed by atoms with van der Waals surface area (Å²) in [6.07, 6.45) is 0.357. The van der Waals surface area contributed by atoms with E-state index >= 15 is 0 Å². The van der Waals surface area contributed by atoms with Crippen LogP contribution in [0, 0.1) is 0 Å². The second-order valence-electron chi connectivity index (χ2n) is 4.09. The van der Waals surface area contributed by atoms with E-state index in [9.17, 15) is 9.90 Å². The third kappa shape index (κ3) is 3.13. The number of carbonyl (C=O) groups is 1. The van der Waals surface area contributed by atoms with Crippen molar-refractivity contribution < 1.29 is 15.0 Å². The van der Waals surface area contributed by atoms with E-state index in [0.29, 0.717) is 6.42 Å². The molecule has 0 amide bonds. The first-order chi connectivity index (χ1) is 7.47. The molecule has 1 rings (SSSR count). The van der Waals surface area contributed by atoms with Crippen LogP contribution in [0.15, 0.2) is 30.3 Å². The van der Waals surface area contributed by atoms with E-state index in [4.69, 9.17) is 10.8 Å². The average molecular weight is 223 g/mol. The highest BCUT2D eigenvalue weighted by atomic mass is 16.3. The zero-order valence-electron chi connectivity index (χ0n) is 9.26. The molecular weight excluding hydrogens is 206 g/mol. The quantitative estimate of drug-likeness (QED) is 0.649. The van der Waals surface area contributed by atoms with Crippen LogP contribution in [-0.4, -0.2) is 34.2 Å². The van der Waals surface area contributed by atoms with E-state index < -0.39 is 24.0 Å². The Kier molecular flexibility index (Phi) is 4.18. The van der Waals surface area contributed by atoms with Crippen LogP contribution in [0.25, 0.3) is 0 Å². The molecule has 2 atom stereocenters. The van der Waals surface area contributed by atoms with Gasteiger partial charge in [0, 0.05) is 0 Å². The van der Waals surface area contributed by atoms with Gasteiger partial charge in [-0.3, -0.25) is 4.79 Å². The molecule has 0 aromatic heterocycles. The molecule has 88 valence electrons. The van der Waals surface area contributed by atoms with Gasteiger partial charge in [-0.1, -0.05) is 30.3 Å². The molecule has 4 heteroatoms. The van der Waals surface area contributed by atoms with Crippen molar-refractivity contribution in [3.05, 3.63) is 35.9 Å². The van der Waals surface area contributed by atoms with E-state index in [1.807, 2.05) is 30.3 Å². The number of aliphatic hydroxyl groups excluding tert-OH is 1. The number of carbonyl (C=O) groups excluding carboxylic acids is 1. The van der Waals surface area contributed by atoms with Gasteiger partial charge in [-0.05, 0) is 18.9 Å². The highest BCUT2D eigenvalue weighted by Crippen LogP contribution is 2.10. The Morgan fingerprint density at radius 3 is 2.50 bits per heavy atom. The summed E-state index contributed by atoms with van der Waals surface area (Å²) in [6.45, 7) is 0.647. The molecule has 0 saturated carbocycles. The van der Waals surface area contributed by atoms with Crippen LogP contribution in [0.5, 0.6) is 0 Å². The first-order valence-electron chi connectivity index (χ1n) is 5.14. The van der Waals surface area contributed by atoms with E-state index in [1.54, 1.807) is 0 Å². The molecule has 4 N–H and O–H groups in total. The zero-order chi connectivity index (χ0) is 12.2. The maximum absolute atomic E-state index is 11.7. The summed E-state index contributed by atoms with van der Waals surface area (Å²) in [5, 5.41) is 18.4. The van der Waals surface area contributed by atoms with Crippen molar-refractivity contribution in [3.63, 3.8) is 0 Å². The second-order valence-corrected chi connectivity index (χ2v) is 4.09. The number of hydrogen-bond donors (Lipinski definition) is 3. The molecule has 1 aromatic carbocycles. The smallest absolute Gasteiger partial charge is 0.183 e. The van der Waals surface area contributed by atoms with Crippen molar-refractivity contribution in [2.45, 2.75) is 25.0 Å². The van der Waals surface area contributed by atoms with Gasteiger partial charge in [0.2, 0.25) is 0 Å². The van der Waals surface area contributed by atoms with Crippen molar-refractivity contribution in [2.24, 2.45) is 5.73 Å². The molecule has 0 saturated heterocycles. The van der Waals surface area contributed by atoms with Gasteiger partial charge in [-0.25, -0.2) is 0 Å². The Labute approximate surface area is 94.7 Å². The molecule has 0 unspecified atom stereocenters. The van der Waals surface area contributed by atoms with Gasteiger partial charge in [-0.15, -0.1) is 0 Å². The normalized spacial score (nSPS) is 16.5. The fourth-order valence-electron chi connectivity index (χ4n) is 1.44. The Morgan fingerprint density at radius 1 is 1.44 bits per heavy atom. The molecule has 0 fully saturated rings. The van der Waals surface area contributed by atoms with Crippen molar-refractivity contribution in [1.82, 2.24) is 0 Å². The summed E-state index contributed by atoms with van der Waals surface area (Å²) in [5.41, 5.74) is 4.86. The number of nitrogens with two attached hydrogens (primary N) is 1. The zero-order valence-corrected chi connectivity index (χ0v) is 9.26. The van der Waals surface area contributed by atoms with Gasteiger partial charge in [0.25, 0.3) is 0 Å². The average Bonchev–Trinajstić information content (AvgIpc) is 2.29. The number of rotatable bonds is 5. The van der Waals surface area contributed by atoms with Crippen LogP contribution in [-0.2, 0) is 11.2 Å². The number of hydrogen-bond acceptors (Lipinski definition) is 4. The minimum absolute atomic E-state index is 0.357. The number of benzene rings is 1. The lowest BCUT2D eigenvalue weighted by Crippen LogP contribution is -2.49. The first kappa shape index (κ1) is 12.8. The molecule has 1 aromatic rings. The molecular formula is C12H17NO3. The lowest BCUT2D eigenvalue weighted by molar-refractivity contribution is -0.140. The Bertz CT molecular complexity index is 349. The van der Waals surface area contributed by atoms with E-state index in [-0.39, 0.29) is 0 Å². The van der Waals surface area contributed by atoms with Crippen molar-refractivity contribution >= 4 is 5.78 Å². The van der Waals surface area contributed by atoms with Gasteiger partial charge in [0.05, 0.1) is 12.6 Å². The Balaban J connectivity index is 2.66. The minimum Gasteiger partial charge on any atom is -0.393 e. The monoisotopic (exact) mass is 223 g/mol. The molecule has 0 heterocycles. The van der Waals surface area contributed by atoms with Gasteiger partial charge in [-0.2, -0.15) is 0 Å². The summed E-state index contributed by atoms with van der Waals surface area (Å²) in [4.78, 5) is 11.7. The lowest BCUT2D eigenvalue weighted by atomic mass is 9.92. The van der Waals surface area contributed by atoms with Crippen molar-refractivity contribution in [2.75, 3.05) is 6.61 Å². The minimum atomic E-state index is -1.76. The molecule has 4 nitrogen and oxygen atoms in total. The summed E-state index contributed by atoms with van der Waals surface area (Å²) in [7, 11) is 0. The van der Waals surface area contributed by atoms with Gasteiger partial charge in [0.1, 0.15) is 5.60 Å². The molecule has 0 aliphatic heterocycles. The second kappa shape index (κ2) is 5.21. The summed E-state index contributed by atoms with van der Waals surface area (Å²) < 4.78 is 0. The van der Waals surface area contributed by atoms with Crippen LogP contribution in [0.3, 0.4) is 0 Å². The Morgan fingerprint density at radius 2 is 2.00 bits per heavy atom. The highest BCUT2D eigenvalue weighted by molar-refractivity contribution is 5.91. The predicted molar refractivity (Wildman–Crippen MR) is 60.8 cm³/mol. The standard InChI is InChI=1S/C12H17NO3/c1-12(16,8-14)11(15)10(13)7-9-5-3-2-4-6-9/h2-6,10,14,16H,7-8,13H2,1H3/t10-,12+/m0/s1. The SMILES string of the molecule is C[C@@](O)(CO)C(=O)[C@@H](N)Cc1ccccc1. The number of ketones is 1.